The highest BCUT2D eigenvalue weighted by Gasteiger charge is 2.29. The van der Waals surface area contributed by atoms with Gasteiger partial charge in [0.2, 0.25) is 0 Å². The molecule has 134 valence electrons. The molecule has 1 saturated heterocycles. The van der Waals surface area contributed by atoms with Gasteiger partial charge < -0.3 is 14.6 Å². The molecule has 0 aromatic heterocycles. The second kappa shape index (κ2) is 8.43. The summed E-state index contributed by atoms with van der Waals surface area (Å²) in [7, 11) is 0. The van der Waals surface area contributed by atoms with Gasteiger partial charge in [-0.3, -0.25) is 4.90 Å². The molecule has 1 fully saturated rings. The highest BCUT2D eigenvalue weighted by atomic mass is 19.1. The summed E-state index contributed by atoms with van der Waals surface area (Å²) in [6, 6.07) is 16.4. The Morgan fingerprint density at radius 2 is 1.92 bits per heavy atom. The maximum Gasteiger partial charge on any atom is 0.165 e. The average Bonchev–Trinajstić information content (AvgIpc) is 2.62. The van der Waals surface area contributed by atoms with Gasteiger partial charge in [0, 0.05) is 13.1 Å². The minimum absolute atomic E-state index is 0.0498. The molecular formula is C20H24FNO3. The first kappa shape index (κ1) is 17.9. The van der Waals surface area contributed by atoms with Crippen LogP contribution in [0.25, 0.3) is 0 Å². The van der Waals surface area contributed by atoms with Gasteiger partial charge in [-0.2, -0.15) is 0 Å². The van der Waals surface area contributed by atoms with Crippen molar-refractivity contribution < 1.29 is 19.0 Å². The zero-order valence-corrected chi connectivity index (χ0v) is 14.3. The number of hydrogen-bond acceptors (Lipinski definition) is 4. The van der Waals surface area contributed by atoms with Gasteiger partial charge in [0.05, 0.1) is 18.8 Å². The predicted octanol–water partition coefficient (Wildman–Crippen LogP) is 3.03. The van der Waals surface area contributed by atoms with Crippen LogP contribution >= 0.6 is 0 Å². The molecule has 0 unspecified atom stereocenters. The molecule has 1 heterocycles. The summed E-state index contributed by atoms with van der Waals surface area (Å²) in [4.78, 5) is 2.21. The third-order valence-corrected chi connectivity index (χ3v) is 4.37. The van der Waals surface area contributed by atoms with Crippen LogP contribution in [0.3, 0.4) is 0 Å². The summed E-state index contributed by atoms with van der Waals surface area (Å²) in [5.74, 6) is -0.256. The molecule has 0 radical (unpaired) electrons. The third-order valence-electron chi connectivity index (χ3n) is 4.37. The number of β-amino-alcohol motifs (C(OH)–C–C–N with tert-alkyl or cyclic N) is 1. The van der Waals surface area contributed by atoms with E-state index in [4.69, 9.17) is 9.47 Å². The lowest BCUT2D eigenvalue weighted by atomic mass is 10.0. The zero-order valence-electron chi connectivity index (χ0n) is 14.3. The largest absolute Gasteiger partial charge is 0.488 e. The third kappa shape index (κ3) is 4.78. The first-order valence-electron chi connectivity index (χ1n) is 8.59. The Morgan fingerprint density at radius 3 is 2.68 bits per heavy atom. The molecule has 0 saturated carbocycles. The normalized spacial score (nSPS) is 22.5. The quantitative estimate of drug-likeness (QED) is 0.874. The molecule has 4 nitrogen and oxygen atoms in total. The van der Waals surface area contributed by atoms with E-state index in [1.807, 2.05) is 25.1 Å². The van der Waals surface area contributed by atoms with Crippen molar-refractivity contribution in [3.8, 4) is 5.75 Å². The highest BCUT2D eigenvalue weighted by molar-refractivity contribution is 5.23. The van der Waals surface area contributed by atoms with Crippen LogP contribution in [0.1, 0.15) is 18.5 Å². The minimum Gasteiger partial charge on any atom is -0.488 e. The molecule has 1 aliphatic heterocycles. The van der Waals surface area contributed by atoms with Crippen LogP contribution < -0.4 is 4.74 Å². The molecule has 0 amide bonds. The summed E-state index contributed by atoms with van der Waals surface area (Å²) in [6.45, 7) is 3.84. The highest BCUT2D eigenvalue weighted by Crippen LogP contribution is 2.26. The molecule has 0 bridgehead atoms. The second-order valence-electron chi connectivity index (χ2n) is 6.42. The van der Waals surface area contributed by atoms with Gasteiger partial charge in [-0.15, -0.1) is 0 Å². The number of aliphatic hydroxyl groups is 1. The SMILES string of the molecule is C[C@@H]1CN(C[C@@H](O)COc2ccccc2F)[C@@H](c2ccccc2)CO1. The van der Waals surface area contributed by atoms with Gasteiger partial charge in [-0.1, -0.05) is 42.5 Å². The zero-order chi connectivity index (χ0) is 17.6. The maximum atomic E-state index is 13.6. The van der Waals surface area contributed by atoms with Crippen LogP contribution in [-0.2, 0) is 4.74 Å². The molecule has 1 N–H and O–H groups in total. The van der Waals surface area contributed by atoms with Crippen molar-refractivity contribution in [1.29, 1.82) is 0 Å². The average molecular weight is 345 g/mol. The van der Waals surface area contributed by atoms with E-state index < -0.39 is 11.9 Å². The Hall–Kier alpha value is -1.95. The van der Waals surface area contributed by atoms with Crippen LogP contribution in [0.4, 0.5) is 4.39 Å². The fourth-order valence-electron chi connectivity index (χ4n) is 3.13. The first-order chi connectivity index (χ1) is 12.1. The Balaban J connectivity index is 1.61. The molecule has 2 aromatic carbocycles. The molecule has 5 heteroatoms. The van der Waals surface area contributed by atoms with Crippen molar-refractivity contribution in [3.05, 3.63) is 66.0 Å². The number of aliphatic hydroxyl groups excluding tert-OH is 1. The Morgan fingerprint density at radius 1 is 1.20 bits per heavy atom. The topological polar surface area (TPSA) is 41.9 Å². The summed E-state index contributed by atoms with van der Waals surface area (Å²) in [5, 5.41) is 10.4. The molecule has 3 rings (SSSR count). The van der Waals surface area contributed by atoms with E-state index in [9.17, 15) is 9.50 Å². The van der Waals surface area contributed by atoms with Crippen LogP contribution in [-0.4, -0.2) is 48.5 Å². The van der Waals surface area contributed by atoms with Crippen LogP contribution in [0.5, 0.6) is 5.75 Å². The second-order valence-corrected chi connectivity index (χ2v) is 6.42. The van der Waals surface area contributed by atoms with Gasteiger partial charge >= 0.3 is 0 Å². The standard InChI is InChI=1S/C20H24FNO3/c1-15-11-22(19(14-24-15)16-7-3-2-4-8-16)12-17(23)13-25-20-10-6-5-9-18(20)21/h2-10,15,17,19,23H,11-14H2,1H3/t15-,17-,19-/m1/s1. The molecule has 0 aliphatic carbocycles. The van der Waals surface area contributed by atoms with Gasteiger partial charge in [-0.25, -0.2) is 4.39 Å². The van der Waals surface area contributed by atoms with Gasteiger partial charge in [0.15, 0.2) is 11.6 Å². The molecular weight excluding hydrogens is 321 g/mol. The van der Waals surface area contributed by atoms with E-state index in [2.05, 4.69) is 17.0 Å². The minimum atomic E-state index is -0.712. The summed E-state index contributed by atoms with van der Waals surface area (Å²) < 4.78 is 24.8. The summed E-state index contributed by atoms with van der Waals surface area (Å²) >= 11 is 0. The number of nitrogens with zero attached hydrogens (tertiary/aromatic N) is 1. The Bertz CT molecular complexity index is 667. The number of rotatable bonds is 6. The van der Waals surface area contributed by atoms with Crippen LogP contribution in [0.2, 0.25) is 0 Å². The van der Waals surface area contributed by atoms with Gasteiger partial charge in [-0.05, 0) is 24.6 Å². The molecule has 1 aliphatic rings. The number of benzene rings is 2. The summed E-state index contributed by atoms with van der Waals surface area (Å²) in [6.07, 6.45) is -0.601. The van der Waals surface area contributed by atoms with Crippen molar-refractivity contribution in [2.45, 2.75) is 25.2 Å². The van der Waals surface area contributed by atoms with Crippen molar-refractivity contribution in [3.63, 3.8) is 0 Å². The Labute approximate surface area is 147 Å². The van der Waals surface area contributed by atoms with Gasteiger partial charge in [0.25, 0.3) is 0 Å². The molecule has 0 spiro atoms. The van der Waals surface area contributed by atoms with Crippen molar-refractivity contribution in [1.82, 2.24) is 4.90 Å². The number of ether oxygens (including phenoxy) is 2. The maximum absolute atomic E-state index is 13.6. The lowest BCUT2D eigenvalue weighted by molar-refractivity contribution is -0.0717. The number of morpholine rings is 1. The van der Waals surface area contributed by atoms with Crippen LogP contribution in [0, 0.1) is 5.82 Å². The van der Waals surface area contributed by atoms with E-state index in [1.165, 1.54) is 6.07 Å². The van der Waals surface area contributed by atoms with E-state index in [0.717, 1.165) is 12.1 Å². The number of halogens is 1. The molecule has 25 heavy (non-hydrogen) atoms. The summed E-state index contributed by atoms with van der Waals surface area (Å²) in [5.41, 5.74) is 1.16. The predicted molar refractivity (Wildman–Crippen MR) is 94.1 cm³/mol. The monoisotopic (exact) mass is 345 g/mol. The lowest BCUT2D eigenvalue weighted by Gasteiger charge is -2.39. The fraction of sp³-hybridized carbons (Fsp3) is 0.400. The number of para-hydroxylation sites is 1. The Kier molecular flexibility index (Phi) is 6.02. The van der Waals surface area contributed by atoms with E-state index in [-0.39, 0.29) is 24.5 Å². The number of hydrogen-bond donors (Lipinski definition) is 1. The molecule has 2 aromatic rings. The smallest absolute Gasteiger partial charge is 0.165 e. The molecule has 3 atom stereocenters. The first-order valence-corrected chi connectivity index (χ1v) is 8.59. The van der Waals surface area contributed by atoms with Crippen molar-refractivity contribution >= 4 is 0 Å². The van der Waals surface area contributed by atoms with Crippen molar-refractivity contribution in [2.75, 3.05) is 26.3 Å². The lowest BCUT2D eigenvalue weighted by Crippen LogP contribution is -2.47. The van der Waals surface area contributed by atoms with Crippen LogP contribution in [0.15, 0.2) is 54.6 Å². The van der Waals surface area contributed by atoms with E-state index >= 15 is 0 Å². The van der Waals surface area contributed by atoms with E-state index in [1.54, 1.807) is 18.2 Å². The fourth-order valence-corrected chi connectivity index (χ4v) is 3.13. The van der Waals surface area contributed by atoms with Gasteiger partial charge in [0.1, 0.15) is 12.7 Å². The van der Waals surface area contributed by atoms with E-state index in [0.29, 0.717) is 13.2 Å². The van der Waals surface area contributed by atoms with Crippen molar-refractivity contribution in [2.24, 2.45) is 0 Å².